The summed E-state index contributed by atoms with van der Waals surface area (Å²) in [7, 11) is 0. The Labute approximate surface area is 110 Å². The summed E-state index contributed by atoms with van der Waals surface area (Å²) in [5.41, 5.74) is 0.440. The van der Waals surface area contributed by atoms with Crippen LogP contribution in [0.3, 0.4) is 0 Å². The van der Waals surface area contributed by atoms with E-state index in [4.69, 9.17) is 5.26 Å². The monoisotopic (exact) mass is 256 g/mol. The number of aromatic nitrogens is 2. The minimum atomic E-state index is 0.440. The molecule has 1 fully saturated rings. The number of anilines is 1. The fourth-order valence-corrected chi connectivity index (χ4v) is 2.77. The van der Waals surface area contributed by atoms with Crippen LogP contribution in [0.1, 0.15) is 18.5 Å². The molecule has 1 saturated heterocycles. The van der Waals surface area contributed by atoms with Crippen LogP contribution in [0.5, 0.6) is 0 Å². The first-order chi connectivity index (χ1) is 8.86. The average Bonchev–Trinajstić information content (AvgIpc) is 3.10. The lowest BCUT2D eigenvalue weighted by atomic mass is 10.3. The highest BCUT2D eigenvalue weighted by molar-refractivity contribution is 7.13. The van der Waals surface area contributed by atoms with Crippen molar-refractivity contribution in [2.24, 2.45) is 0 Å². The first kappa shape index (κ1) is 11.2. The predicted octanol–water partition coefficient (Wildman–Crippen LogP) is 2.68. The van der Waals surface area contributed by atoms with E-state index in [1.54, 1.807) is 17.4 Å². The van der Waals surface area contributed by atoms with Gasteiger partial charge in [-0.15, -0.1) is 11.3 Å². The molecule has 0 aliphatic carbocycles. The van der Waals surface area contributed by atoms with Crippen molar-refractivity contribution < 1.29 is 0 Å². The van der Waals surface area contributed by atoms with Crippen LogP contribution in [-0.2, 0) is 0 Å². The molecular formula is C13H12N4S. The van der Waals surface area contributed by atoms with E-state index in [-0.39, 0.29) is 0 Å². The summed E-state index contributed by atoms with van der Waals surface area (Å²) in [5, 5.41) is 11.1. The normalized spacial score (nSPS) is 14.7. The molecule has 0 N–H and O–H groups in total. The molecule has 0 atom stereocenters. The maximum Gasteiger partial charge on any atom is 0.172 e. The van der Waals surface area contributed by atoms with Crippen LogP contribution in [0.2, 0.25) is 0 Å². The highest BCUT2D eigenvalue weighted by atomic mass is 32.1. The van der Waals surface area contributed by atoms with Gasteiger partial charge in [-0.2, -0.15) is 5.26 Å². The summed E-state index contributed by atoms with van der Waals surface area (Å²) in [5.74, 6) is 1.54. The summed E-state index contributed by atoms with van der Waals surface area (Å²) in [6.07, 6.45) is 2.39. The van der Waals surface area contributed by atoms with E-state index in [1.807, 2.05) is 17.5 Å². The molecule has 90 valence electrons. The standard InChI is InChI=1S/C13H12N4S/c14-9-10-8-12(17-5-1-2-6-17)16-13(15-10)11-4-3-7-18-11/h3-4,7-8H,1-2,5-6H2. The van der Waals surface area contributed by atoms with Gasteiger partial charge in [0.15, 0.2) is 5.82 Å². The first-order valence-corrected chi connectivity index (χ1v) is 6.83. The zero-order valence-corrected chi connectivity index (χ0v) is 10.7. The van der Waals surface area contributed by atoms with Crippen molar-refractivity contribution in [2.45, 2.75) is 12.8 Å². The van der Waals surface area contributed by atoms with Crippen LogP contribution in [0, 0.1) is 11.3 Å². The van der Waals surface area contributed by atoms with Crippen molar-refractivity contribution in [2.75, 3.05) is 18.0 Å². The minimum Gasteiger partial charge on any atom is -0.356 e. The molecule has 1 aliphatic rings. The summed E-state index contributed by atoms with van der Waals surface area (Å²) in [6, 6.07) is 7.85. The van der Waals surface area contributed by atoms with Gasteiger partial charge in [0.05, 0.1) is 4.88 Å². The van der Waals surface area contributed by atoms with Crippen LogP contribution in [-0.4, -0.2) is 23.1 Å². The Morgan fingerprint density at radius 1 is 1.28 bits per heavy atom. The summed E-state index contributed by atoms with van der Waals surface area (Å²) in [6.45, 7) is 2.04. The van der Waals surface area contributed by atoms with Gasteiger partial charge in [0.2, 0.25) is 0 Å². The molecule has 2 aromatic rings. The van der Waals surface area contributed by atoms with Gasteiger partial charge >= 0.3 is 0 Å². The first-order valence-electron chi connectivity index (χ1n) is 5.95. The van der Waals surface area contributed by atoms with Gasteiger partial charge in [-0.05, 0) is 24.3 Å². The van der Waals surface area contributed by atoms with Gasteiger partial charge in [-0.3, -0.25) is 0 Å². The Morgan fingerprint density at radius 3 is 2.78 bits per heavy atom. The number of nitrogens with zero attached hydrogens (tertiary/aromatic N) is 4. The largest absolute Gasteiger partial charge is 0.356 e. The van der Waals surface area contributed by atoms with Crippen molar-refractivity contribution in [3.8, 4) is 16.8 Å². The average molecular weight is 256 g/mol. The second-order valence-electron chi connectivity index (χ2n) is 4.22. The third-order valence-electron chi connectivity index (χ3n) is 3.00. The Kier molecular flexibility index (Phi) is 2.95. The SMILES string of the molecule is N#Cc1cc(N2CCCC2)nc(-c2cccs2)n1. The molecule has 4 nitrogen and oxygen atoms in total. The second kappa shape index (κ2) is 4.75. The lowest BCUT2D eigenvalue weighted by Gasteiger charge is -2.16. The molecule has 1 aliphatic heterocycles. The zero-order valence-electron chi connectivity index (χ0n) is 9.83. The molecule has 3 heterocycles. The number of hydrogen-bond acceptors (Lipinski definition) is 5. The fourth-order valence-electron chi connectivity index (χ4n) is 2.12. The van der Waals surface area contributed by atoms with Gasteiger partial charge < -0.3 is 4.90 Å². The number of nitriles is 1. The van der Waals surface area contributed by atoms with E-state index in [0.717, 1.165) is 23.8 Å². The fraction of sp³-hybridized carbons (Fsp3) is 0.308. The van der Waals surface area contributed by atoms with Crippen LogP contribution in [0.25, 0.3) is 10.7 Å². The van der Waals surface area contributed by atoms with Crippen LogP contribution < -0.4 is 4.90 Å². The molecule has 0 saturated carbocycles. The van der Waals surface area contributed by atoms with Gasteiger partial charge in [-0.25, -0.2) is 9.97 Å². The highest BCUT2D eigenvalue weighted by Gasteiger charge is 2.16. The summed E-state index contributed by atoms with van der Waals surface area (Å²) >= 11 is 1.59. The minimum absolute atomic E-state index is 0.440. The summed E-state index contributed by atoms with van der Waals surface area (Å²) in [4.78, 5) is 12.1. The lowest BCUT2D eigenvalue weighted by Crippen LogP contribution is -2.19. The van der Waals surface area contributed by atoms with Crippen LogP contribution in [0.15, 0.2) is 23.6 Å². The van der Waals surface area contributed by atoms with E-state index >= 15 is 0 Å². The topological polar surface area (TPSA) is 52.8 Å². The molecule has 0 unspecified atom stereocenters. The molecule has 3 rings (SSSR count). The Bertz CT molecular complexity index is 580. The molecule has 0 radical (unpaired) electrons. The van der Waals surface area contributed by atoms with E-state index < -0.39 is 0 Å². The van der Waals surface area contributed by atoms with Crippen molar-refractivity contribution in [1.82, 2.24) is 9.97 Å². The molecule has 0 aromatic carbocycles. The van der Waals surface area contributed by atoms with Crippen molar-refractivity contribution in [3.63, 3.8) is 0 Å². The van der Waals surface area contributed by atoms with Crippen molar-refractivity contribution in [1.29, 1.82) is 5.26 Å². The van der Waals surface area contributed by atoms with Gasteiger partial charge in [0.25, 0.3) is 0 Å². The van der Waals surface area contributed by atoms with Crippen molar-refractivity contribution in [3.05, 3.63) is 29.3 Å². The highest BCUT2D eigenvalue weighted by Crippen LogP contribution is 2.25. The predicted molar refractivity (Wildman–Crippen MR) is 71.5 cm³/mol. The second-order valence-corrected chi connectivity index (χ2v) is 5.17. The molecular weight excluding hydrogens is 244 g/mol. The third kappa shape index (κ3) is 2.07. The molecule has 0 spiro atoms. The Balaban J connectivity index is 2.04. The van der Waals surface area contributed by atoms with Gasteiger partial charge in [0.1, 0.15) is 17.6 Å². The molecule has 0 bridgehead atoms. The van der Waals surface area contributed by atoms with E-state index in [9.17, 15) is 0 Å². The number of hydrogen-bond donors (Lipinski definition) is 0. The number of thiophene rings is 1. The van der Waals surface area contributed by atoms with Crippen molar-refractivity contribution >= 4 is 17.2 Å². The molecule has 5 heteroatoms. The quantitative estimate of drug-likeness (QED) is 0.829. The van der Waals surface area contributed by atoms with Crippen LogP contribution in [0.4, 0.5) is 5.82 Å². The number of rotatable bonds is 2. The Hall–Kier alpha value is -1.93. The summed E-state index contributed by atoms with van der Waals surface area (Å²) < 4.78 is 0. The van der Waals surface area contributed by atoms with Crippen LogP contribution >= 0.6 is 11.3 Å². The smallest absolute Gasteiger partial charge is 0.172 e. The maximum absolute atomic E-state index is 9.07. The van der Waals surface area contributed by atoms with E-state index in [0.29, 0.717) is 11.5 Å². The van der Waals surface area contributed by atoms with Gasteiger partial charge in [-0.1, -0.05) is 6.07 Å². The third-order valence-corrected chi connectivity index (χ3v) is 3.86. The molecule has 0 amide bonds. The molecule has 2 aromatic heterocycles. The zero-order chi connectivity index (χ0) is 12.4. The Morgan fingerprint density at radius 2 is 2.11 bits per heavy atom. The molecule has 18 heavy (non-hydrogen) atoms. The lowest BCUT2D eigenvalue weighted by molar-refractivity contribution is 0.928. The maximum atomic E-state index is 9.07. The van der Waals surface area contributed by atoms with Gasteiger partial charge in [0, 0.05) is 19.2 Å². The van der Waals surface area contributed by atoms with E-state index in [1.165, 1.54) is 12.8 Å². The van der Waals surface area contributed by atoms with E-state index in [2.05, 4.69) is 20.9 Å².